The Kier molecular flexibility index (Phi) is 16.1. The molecule has 2 unspecified atom stereocenters. The van der Waals surface area contributed by atoms with Crippen molar-refractivity contribution in [3.63, 3.8) is 0 Å². The van der Waals surface area contributed by atoms with E-state index in [1.807, 2.05) is 48.5 Å². The van der Waals surface area contributed by atoms with Gasteiger partial charge in [-0.1, -0.05) is 52.4 Å². The van der Waals surface area contributed by atoms with Gasteiger partial charge in [-0.3, -0.25) is 9.59 Å². The Morgan fingerprint density at radius 2 is 0.913 bits per heavy atom. The fraction of sp³-hybridized carbons (Fsp3) is 0.650. The van der Waals surface area contributed by atoms with Gasteiger partial charge in [-0.25, -0.2) is 0 Å². The zero-order valence-electron chi connectivity index (χ0n) is 28.9. The maximum absolute atomic E-state index is 14.1. The first-order chi connectivity index (χ1) is 22.6. The standard InChI is InChI=1S/C40H60N2O4/c1-3-5-29-45-37-21-17-33(18-22-37)39(43)35(31-41-25-11-7-8-12-26-41)15-16-36(32-42-27-13-9-10-14-28-42)40(44)34-19-23-38(24-20-34)46-30-6-4-2/h17-24,35-36H,3-16,25-32H2,1-2H3. The minimum Gasteiger partial charge on any atom is -0.494 e. The number of hydrogen-bond acceptors (Lipinski definition) is 6. The lowest BCUT2D eigenvalue weighted by Crippen LogP contribution is -2.37. The van der Waals surface area contributed by atoms with Crippen LogP contribution in [0.15, 0.2) is 48.5 Å². The van der Waals surface area contributed by atoms with Crippen molar-refractivity contribution in [3.8, 4) is 11.5 Å². The SMILES string of the molecule is CCCCOc1ccc(C(=O)C(CCC(CN2CCCCCC2)C(=O)c2ccc(OCCCC)cc2)CN2CCCCCC2)cc1. The molecule has 0 aliphatic carbocycles. The molecule has 0 radical (unpaired) electrons. The van der Waals surface area contributed by atoms with Gasteiger partial charge in [0.15, 0.2) is 11.6 Å². The Hall–Kier alpha value is -2.70. The fourth-order valence-electron chi connectivity index (χ4n) is 6.84. The van der Waals surface area contributed by atoms with Crippen molar-refractivity contribution in [3.05, 3.63) is 59.7 Å². The molecule has 0 spiro atoms. The molecule has 2 fully saturated rings. The molecule has 2 aromatic rings. The second kappa shape index (κ2) is 20.5. The van der Waals surface area contributed by atoms with Crippen molar-refractivity contribution in [1.29, 1.82) is 0 Å². The second-order valence-corrected chi connectivity index (χ2v) is 13.6. The van der Waals surface area contributed by atoms with E-state index >= 15 is 0 Å². The number of likely N-dealkylation sites (tertiary alicyclic amines) is 2. The van der Waals surface area contributed by atoms with Crippen molar-refractivity contribution in [1.82, 2.24) is 9.80 Å². The molecule has 2 aliphatic rings. The van der Waals surface area contributed by atoms with Crippen LogP contribution in [0.2, 0.25) is 0 Å². The van der Waals surface area contributed by atoms with E-state index in [1.54, 1.807) is 0 Å². The van der Waals surface area contributed by atoms with Gasteiger partial charge in [0.1, 0.15) is 11.5 Å². The molecule has 6 heteroatoms. The van der Waals surface area contributed by atoms with E-state index in [-0.39, 0.29) is 23.4 Å². The first kappa shape index (κ1) is 36.1. The number of Topliss-reactive ketones (excluding diaryl/α,β-unsaturated/α-hetero) is 2. The quantitative estimate of drug-likeness (QED) is 0.114. The van der Waals surface area contributed by atoms with Crippen molar-refractivity contribution in [2.45, 2.75) is 104 Å². The molecule has 2 atom stereocenters. The van der Waals surface area contributed by atoms with Gasteiger partial charge >= 0.3 is 0 Å². The minimum absolute atomic E-state index is 0.140. The monoisotopic (exact) mass is 632 g/mol. The van der Waals surface area contributed by atoms with Gasteiger partial charge in [-0.15, -0.1) is 0 Å². The lowest BCUT2D eigenvalue weighted by Gasteiger charge is -2.29. The van der Waals surface area contributed by atoms with Crippen LogP contribution in [0.3, 0.4) is 0 Å². The Balaban J connectivity index is 1.50. The topological polar surface area (TPSA) is 59.1 Å². The number of ketones is 2. The van der Waals surface area contributed by atoms with Crippen LogP contribution in [0.5, 0.6) is 11.5 Å². The molecule has 0 aromatic heterocycles. The van der Waals surface area contributed by atoms with Crippen molar-refractivity contribution in [2.75, 3.05) is 52.5 Å². The third-order valence-corrected chi connectivity index (χ3v) is 9.77. The number of rotatable bonds is 19. The summed E-state index contributed by atoms with van der Waals surface area (Å²) in [5, 5.41) is 0. The largest absolute Gasteiger partial charge is 0.494 e. The molecule has 0 N–H and O–H groups in total. The van der Waals surface area contributed by atoms with Crippen molar-refractivity contribution < 1.29 is 19.1 Å². The zero-order chi connectivity index (χ0) is 32.4. The lowest BCUT2D eigenvalue weighted by molar-refractivity contribution is 0.0810. The highest BCUT2D eigenvalue weighted by atomic mass is 16.5. The van der Waals surface area contributed by atoms with E-state index in [4.69, 9.17) is 9.47 Å². The van der Waals surface area contributed by atoms with E-state index in [9.17, 15) is 9.59 Å². The number of unbranched alkanes of at least 4 members (excludes halogenated alkanes) is 2. The summed E-state index contributed by atoms with van der Waals surface area (Å²) in [5.41, 5.74) is 1.49. The van der Waals surface area contributed by atoms with Crippen molar-refractivity contribution in [2.24, 2.45) is 11.8 Å². The first-order valence-electron chi connectivity index (χ1n) is 18.6. The second-order valence-electron chi connectivity index (χ2n) is 13.6. The van der Waals surface area contributed by atoms with E-state index in [1.165, 1.54) is 51.4 Å². The Labute approximate surface area is 279 Å². The van der Waals surface area contributed by atoms with Crippen molar-refractivity contribution >= 4 is 11.6 Å². The predicted molar refractivity (Wildman–Crippen MR) is 188 cm³/mol. The van der Waals surface area contributed by atoms with Gasteiger partial charge in [0, 0.05) is 36.1 Å². The van der Waals surface area contributed by atoms with E-state index in [0.717, 1.165) is 87.6 Å². The molecule has 0 saturated carbocycles. The minimum atomic E-state index is -0.140. The molecule has 2 aromatic carbocycles. The predicted octanol–water partition coefficient (Wildman–Crippen LogP) is 8.87. The highest BCUT2D eigenvalue weighted by molar-refractivity contribution is 5.99. The maximum Gasteiger partial charge on any atom is 0.167 e. The van der Waals surface area contributed by atoms with Crippen LogP contribution < -0.4 is 9.47 Å². The van der Waals surface area contributed by atoms with Crippen LogP contribution in [0.1, 0.15) is 124 Å². The molecule has 0 amide bonds. The molecular formula is C40H60N2O4. The van der Waals surface area contributed by atoms with Crippen LogP contribution in [0.25, 0.3) is 0 Å². The van der Waals surface area contributed by atoms with Crippen LogP contribution in [0.4, 0.5) is 0 Å². The van der Waals surface area contributed by atoms with E-state index in [0.29, 0.717) is 26.1 Å². The average molecular weight is 633 g/mol. The van der Waals surface area contributed by atoms with Gasteiger partial charge in [0.25, 0.3) is 0 Å². The van der Waals surface area contributed by atoms with Crippen LogP contribution in [-0.2, 0) is 0 Å². The summed E-state index contributed by atoms with van der Waals surface area (Å²) in [7, 11) is 0. The Morgan fingerprint density at radius 3 is 1.24 bits per heavy atom. The molecule has 46 heavy (non-hydrogen) atoms. The smallest absolute Gasteiger partial charge is 0.167 e. The average Bonchev–Trinajstić information content (AvgIpc) is 3.51. The highest BCUT2D eigenvalue weighted by Gasteiger charge is 2.29. The number of ether oxygens (including phenoxy) is 2. The normalized spacial score (nSPS) is 17.9. The number of carbonyl (C=O) groups is 2. The summed E-state index contributed by atoms with van der Waals surface area (Å²) in [4.78, 5) is 33.3. The van der Waals surface area contributed by atoms with Crippen LogP contribution >= 0.6 is 0 Å². The number of benzene rings is 2. The molecule has 2 heterocycles. The summed E-state index contributed by atoms with van der Waals surface area (Å²) in [6.07, 6.45) is 15.5. The summed E-state index contributed by atoms with van der Waals surface area (Å²) >= 11 is 0. The Morgan fingerprint density at radius 1 is 0.565 bits per heavy atom. The van der Waals surface area contributed by atoms with E-state index < -0.39 is 0 Å². The molecule has 2 saturated heterocycles. The van der Waals surface area contributed by atoms with E-state index in [2.05, 4.69) is 23.6 Å². The van der Waals surface area contributed by atoms with Gasteiger partial charge in [0.2, 0.25) is 0 Å². The van der Waals surface area contributed by atoms with Gasteiger partial charge in [-0.2, -0.15) is 0 Å². The Bertz CT molecular complexity index is 1040. The van der Waals surface area contributed by atoms with Crippen LogP contribution in [0, 0.1) is 11.8 Å². The molecule has 6 nitrogen and oxygen atoms in total. The molecular weight excluding hydrogens is 572 g/mol. The lowest BCUT2D eigenvalue weighted by atomic mass is 9.86. The molecule has 254 valence electrons. The third kappa shape index (κ3) is 12.2. The first-order valence-corrected chi connectivity index (χ1v) is 18.6. The highest BCUT2D eigenvalue weighted by Crippen LogP contribution is 2.26. The third-order valence-electron chi connectivity index (χ3n) is 9.77. The van der Waals surface area contributed by atoms with Gasteiger partial charge in [0.05, 0.1) is 13.2 Å². The molecule has 0 bridgehead atoms. The summed E-state index contributed by atoms with van der Waals surface area (Å²) in [6.45, 7) is 11.4. The maximum atomic E-state index is 14.1. The summed E-state index contributed by atoms with van der Waals surface area (Å²) in [5.74, 6) is 1.74. The number of carbonyl (C=O) groups excluding carboxylic acids is 2. The molecule has 4 rings (SSSR count). The summed E-state index contributed by atoms with van der Waals surface area (Å²) < 4.78 is 11.7. The molecule has 2 aliphatic heterocycles. The number of nitrogens with zero attached hydrogens (tertiary/aromatic N) is 2. The fourth-order valence-corrected chi connectivity index (χ4v) is 6.84. The van der Waals surface area contributed by atoms with Crippen LogP contribution in [-0.4, -0.2) is 73.8 Å². The summed E-state index contributed by atoms with van der Waals surface area (Å²) in [6, 6.07) is 15.5. The van der Waals surface area contributed by atoms with Gasteiger partial charge < -0.3 is 19.3 Å². The van der Waals surface area contributed by atoms with Gasteiger partial charge in [-0.05, 0) is 126 Å². The number of hydrogen-bond donors (Lipinski definition) is 0. The zero-order valence-corrected chi connectivity index (χ0v) is 28.9.